The second kappa shape index (κ2) is 6.75. The molecule has 112 valence electrons. The zero-order valence-corrected chi connectivity index (χ0v) is 14.4. The fourth-order valence-corrected chi connectivity index (χ4v) is 3.93. The molecular formula is C13H18BrClN2O2S. The van der Waals surface area contributed by atoms with E-state index in [-0.39, 0.29) is 0 Å². The van der Waals surface area contributed by atoms with Crippen molar-refractivity contribution >= 4 is 37.6 Å². The topological polar surface area (TPSA) is 49.4 Å². The van der Waals surface area contributed by atoms with E-state index in [0.29, 0.717) is 25.7 Å². The first kappa shape index (κ1) is 16.2. The van der Waals surface area contributed by atoms with Gasteiger partial charge in [-0.1, -0.05) is 33.6 Å². The molecule has 0 unspecified atom stereocenters. The third kappa shape index (κ3) is 4.43. The van der Waals surface area contributed by atoms with Gasteiger partial charge in [-0.05, 0) is 30.5 Å². The number of rotatable bonds is 4. The zero-order chi connectivity index (χ0) is 14.8. The average Bonchev–Trinajstić information content (AvgIpc) is 2.37. The Morgan fingerprint density at radius 2 is 2.05 bits per heavy atom. The highest BCUT2D eigenvalue weighted by Gasteiger charge is 2.24. The molecule has 1 N–H and O–H groups in total. The molecule has 7 heteroatoms. The van der Waals surface area contributed by atoms with Gasteiger partial charge in [0.05, 0.1) is 6.26 Å². The van der Waals surface area contributed by atoms with Crippen molar-refractivity contribution in [3.63, 3.8) is 0 Å². The number of benzene rings is 1. The van der Waals surface area contributed by atoms with E-state index in [0.717, 1.165) is 27.9 Å². The lowest BCUT2D eigenvalue weighted by molar-refractivity contribution is 0.290. The largest absolute Gasteiger partial charge is 0.310 e. The van der Waals surface area contributed by atoms with E-state index in [4.69, 9.17) is 11.6 Å². The summed E-state index contributed by atoms with van der Waals surface area (Å²) in [6, 6.07) is 6.18. The molecule has 1 aromatic rings. The van der Waals surface area contributed by atoms with E-state index in [1.165, 1.54) is 10.6 Å². The van der Waals surface area contributed by atoms with Gasteiger partial charge in [-0.3, -0.25) is 0 Å². The predicted molar refractivity (Wildman–Crippen MR) is 85.4 cm³/mol. The molecular weight excluding hydrogens is 364 g/mol. The third-order valence-corrected chi connectivity index (χ3v) is 5.67. The number of nitrogens with one attached hydrogen (secondary N) is 1. The Bertz CT molecular complexity index is 572. The van der Waals surface area contributed by atoms with Crippen LogP contribution in [0.25, 0.3) is 0 Å². The molecule has 20 heavy (non-hydrogen) atoms. The molecule has 1 saturated heterocycles. The molecule has 1 heterocycles. The lowest BCUT2D eigenvalue weighted by Gasteiger charge is -2.30. The zero-order valence-electron chi connectivity index (χ0n) is 11.3. The number of halogens is 2. The van der Waals surface area contributed by atoms with Crippen molar-refractivity contribution in [1.29, 1.82) is 0 Å². The van der Waals surface area contributed by atoms with Crippen LogP contribution >= 0.6 is 27.5 Å². The first-order valence-corrected chi connectivity index (χ1v) is 9.50. The molecule has 4 nitrogen and oxygen atoms in total. The third-order valence-electron chi connectivity index (χ3n) is 3.52. The van der Waals surface area contributed by atoms with Gasteiger partial charge in [-0.25, -0.2) is 12.7 Å². The maximum Gasteiger partial charge on any atom is 0.211 e. The molecule has 0 bridgehead atoms. The van der Waals surface area contributed by atoms with Crippen molar-refractivity contribution in [3.8, 4) is 0 Å². The van der Waals surface area contributed by atoms with Crippen LogP contribution in [-0.4, -0.2) is 38.1 Å². The summed E-state index contributed by atoms with van der Waals surface area (Å²) < 4.78 is 25.4. The van der Waals surface area contributed by atoms with Crippen molar-refractivity contribution in [2.75, 3.05) is 19.3 Å². The first-order chi connectivity index (χ1) is 9.36. The molecule has 0 saturated carbocycles. The van der Waals surface area contributed by atoms with Gasteiger partial charge in [-0.2, -0.15) is 0 Å². The second-order valence-corrected chi connectivity index (χ2v) is 8.36. The summed E-state index contributed by atoms with van der Waals surface area (Å²) in [5.74, 6) is 0. The van der Waals surface area contributed by atoms with Gasteiger partial charge >= 0.3 is 0 Å². The molecule has 1 aliphatic heterocycles. The molecule has 1 aromatic carbocycles. The molecule has 0 atom stereocenters. The van der Waals surface area contributed by atoms with Crippen LogP contribution in [-0.2, 0) is 16.6 Å². The Hall–Kier alpha value is -0.140. The monoisotopic (exact) mass is 380 g/mol. The maximum absolute atomic E-state index is 11.4. The summed E-state index contributed by atoms with van der Waals surface area (Å²) in [5.41, 5.74) is 1.06. The van der Waals surface area contributed by atoms with Gasteiger partial charge in [0.1, 0.15) is 0 Å². The summed E-state index contributed by atoms with van der Waals surface area (Å²) in [7, 11) is -3.05. The highest BCUT2D eigenvalue weighted by atomic mass is 79.9. The number of hydrogen-bond donors (Lipinski definition) is 1. The number of sulfonamides is 1. The molecule has 0 aliphatic carbocycles. The highest BCUT2D eigenvalue weighted by molar-refractivity contribution is 9.10. The predicted octanol–water partition coefficient (Wildman–Crippen LogP) is 2.62. The molecule has 2 rings (SSSR count). The van der Waals surface area contributed by atoms with Crippen LogP contribution in [0.2, 0.25) is 5.02 Å². The van der Waals surface area contributed by atoms with Gasteiger partial charge in [0.2, 0.25) is 10.0 Å². The Balaban J connectivity index is 1.84. The highest BCUT2D eigenvalue weighted by Crippen LogP contribution is 2.22. The Morgan fingerprint density at radius 3 is 2.60 bits per heavy atom. The minimum absolute atomic E-state index is 0.340. The van der Waals surface area contributed by atoms with Crippen LogP contribution in [0.15, 0.2) is 22.7 Å². The van der Waals surface area contributed by atoms with Crippen LogP contribution in [0, 0.1) is 0 Å². The maximum atomic E-state index is 11.4. The van der Waals surface area contributed by atoms with Crippen LogP contribution in [0.1, 0.15) is 18.4 Å². The van der Waals surface area contributed by atoms with Crippen molar-refractivity contribution in [2.45, 2.75) is 25.4 Å². The summed E-state index contributed by atoms with van der Waals surface area (Å²) in [5, 5.41) is 4.19. The molecule has 0 aromatic heterocycles. The molecule has 0 radical (unpaired) electrons. The lowest BCUT2D eigenvalue weighted by Crippen LogP contribution is -2.44. The fourth-order valence-electron chi connectivity index (χ4n) is 2.31. The SMILES string of the molecule is CS(=O)(=O)N1CCC(NCc2ccc(Br)cc2Cl)CC1. The molecule has 1 fully saturated rings. The number of nitrogens with zero attached hydrogens (tertiary/aromatic N) is 1. The second-order valence-electron chi connectivity index (χ2n) is 5.05. The summed E-state index contributed by atoms with van der Waals surface area (Å²) in [4.78, 5) is 0. The van der Waals surface area contributed by atoms with E-state index in [1.54, 1.807) is 0 Å². The van der Waals surface area contributed by atoms with Crippen molar-refractivity contribution in [3.05, 3.63) is 33.3 Å². The van der Waals surface area contributed by atoms with Crippen LogP contribution in [0.4, 0.5) is 0 Å². The van der Waals surface area contributed by atoms with Crippen molar-refractivity contribution in [1.82, 2.24) is 9.62 Å². The smallest absolute Gasteiger partial charge is 0.211 e. The Morgan fingerprint density at radius 1 is 1.40 bits per heavy atom. The van der Waals surface area contributed by atoms with Crippen LogP contribution in [0.5, 0.6) is 0 Å². The normalized spacial score (nSPS) is 18.4. The minimum atomic E-state index is -3.05. The number of hydrogen-bond acceptors (Lipinski definition) is 3. The van der Waals surface area contributed by atoms with E-state index in [1.807, 2.05) is 18.2 Å². The van der Waals surface area contributed by atoms with Crippen molar-refractivity contribution in [2.24, 2.45) is 0 Å². The minimum Gasteiger partial charge on any atom is -0.310 e. The van der Waals surface area contributed by atoms with Crippen LogP contribution in [0.3, 0.4) is 0 Å². The standard InChI is InChI=1S/C13H18BrClN2O2S/c1-20(18,19)17-6-4-12(5-7-17)16-9-10-2-3-11(14)8-13(10)15/h2-3,8,12,16H,4-7,9H2,1H3. The fraction of sp³-hybridized carbons (Fsp3) is 0.538. The lowest BCUT2D eigenvalue weighted by atomic mass is 10.1. The van der Waals surface area contributed by atoms with Crippen LogP contribution < -0.4 is 5.32 Å². The van der Waals surface area contributed by atoms with E-state index in [9.17, 15) is 8.42 Å². The quantitative estimate of drug-likeness (QED) is 0.872. The first-order valence-electron chi connectivity index (χ1n) is 6.48. The van der Waals surface area contributed by atoms with Gasteiger partial charge in [0.15, 0.2) is 0 Å². The van der Waals surface area contributed by atoms with Gasteiger partial charge in [-0.15, -0.1) is 0 Å². The van der Waals surface area contributed by atoms with Gasteiger partial charge in [0.25, 0.3) is 0 Å². The molecule has 0 amide bonds. The molecule has 0 spiro atoms. The van der Waals surface area contributed by atoms with E-state index in [2.05, 4.69) is 21.2 Å². The van der Waals surface area contributed by atoms with Crippen molar-refractivity contribution < 1.29 is 8.42 Å². The summed E-state index contributed by atoms with van der Waals surface area (Å²) in [6.07, 6.45) is 2.94. The molecule has 1 aliphatic rings. The van der Waals surface area contributed by atoms with E-state index < -0.39 is 10.0 Å². The Kier molecular flexibility index (Phi) is 5.48. The van der Waals surface area contributed by atoms with Gasteiger partial charge in [0, 0.05) is 35.2 Å². The van der Waals surface area contributed by atoms with E-state index >= 15 is 0 Å². The number of piperidine rings is 1. The Labute approximate surface area is 133 Å². The summed E-state index contributed by atoms with van der Waals surface area (Å²) >= 11 is 9.55. The average molecular weight is 382 g/mol. The van der Waals surface area contributed by atoms with Gasteiger partial charge < -0.3 is 5.32 Å². The summed E-state index contributed by atoms with van der Waals surface area (Å²) in [6.45, 7) is 1.88.